The minimum absolute atomic E-state index is 0.0881. The standard InChI is InChI=1S/C16H20N4O/c1-11(2)21-16-10-18-9-15(20-16)19-14-5-3-4-12-8-17-7-6-13(12)14/h3-5,9-11,17H,6-8H2,1-2H3,(H,19,20). The predicted molar refractivity (Wildman–Crippen MR) is 82.9 cm³/mol. The molecule has 0 atom stereocenters. The van der Waals surface area contributed by atoms with Crippen LogP contribution in [0.3, 0.4) is 0 Å². The fraction of sp³-hybridized carbons (Fsp3) is 0.375. The van der Waals surface area contributed by atoms with E-state index in [-0.39, 0.29) is 6.10 Å². The van der Waals surface area contributed by atoms with E-state index < -0.39 is 0 Å². The van der Waals surface area contributed by atoms with Crippen LogP contribution in [-0.2, 0) is 13.0 Å². The number of nitrogens with zero attached hydrogens (tertiary/aromatic N) is 2. The summed E-state index contributed by atoms with van der Waals surface area (Å²) < 4.78 is 5.58. The Kier molecular flexibility index (Phi) is 4.01. The van der Waals surface area contributed by atoms with Gasteiger partial charge < -0.3 is 15.4 Å². The molecule has 1 aromatic heterocycles. The van der Waals surface area contributed by atoms with Crippen molar-refractivity contribution in [3.05, 3.63) is 41.7 Å². The fourth-order valence-electron chi connectivity index (χ4n) is 2.49. The molecule has 2 heterocycles. The lowest BCUT2D eigenvalue weighted by Crippen LogP contribution is -2.24. The van der Waals surface area contributed by atoms with Crippen LogP contribution in [0.15, 0.2) is 30.6 Å². The molecule has 0 amide bonds. The van der Waals surface area contributed by atoms with Crippen LogP contribution in [0.25, 0.3) is 0 Å². The second-order valence-electron chi connectivity index (χ2n) is 5.40. The molecule has 0 radical (unpaired) electrons. The summed E-state index contributed by atoms with van der Waals surface area (Å²) in [5.74, 6) is 1.25. The van der Waals surface area contributed by atoms with E-state index in [1.165, 1.54) is 11.1 Å². The molecule has 0 aliphatic carbocycles. The average Bonchev–Trinajstić information content (AvgIpc) is 2.47. The first kappa shape index (κ1) is 13.8. The molecule has 0 fully saturated rings. The Hall–Kier alpha value is -2.14. The van der Waals surface area contributed by atoms with Crippen LogP contribution in [0.4, 0.5) is 11.5 Å². The molecule has 110 valence electrons. The van der Waals surface area contributed by atoms with Crippen molar-refractivity contribution in [1.82, 2.24) is 15.3 Å². The highest BCUT2D eigenvalue weighted by molar-refractivity contribution is 5.62. The van der Waals surface area contributed by atoms with Gasteiger partial charge in [0.1, 0.15) is 0 Å². The highest BCUT2D eigenvalue weighted by atomic mass is 16.5. The van der Waals surface area contributed by atoms with E-state index in [0.29, 0.717) is 11.7 Å². The van der Waals surface area contributed by atoms with E-state index in [1.807, 2.05) is 13.8 Å². The maximum Gasteiger partial charge on any atom is 0.234 e. The molecule has 1 aliphatic rings. The van der Waals surface area contributed by atoms with Crippen molar-refractivity contribution in [2.24, 2.45) is 0 Å². The summed E-state index contributed by atoms with van der Waals surface area (Å²) in [5, 5.41) is 6.75. The highest BCUT2D eigenvalue weighted by Crippen LogP contribution is 2.26. The molecular weight excluding hydrogens is 264 g/mol. The van der Waals surface area contributed by atoms with E-state index in [2.05, 4.69) is 38.8 Å². The molecule has 3 rings (SSSR count). The van der Waals surface area contributed by atoms with Crippen molar-refractivity contribution in [3.8, 4) is 5.88 Å². The molecule has 0 spiro atoms. The number of rotatable bonds is 4. The largest absolute Gasteiger partial charge is 0.474 e. The van der Waals surface area contributed by atoms with Gasteiger partial charge >= 0.3 is 0 Å². The van der Waals surface area contributed by atoms with Crippen molar-refractivity contribution in [1.29, 1.82) is 0 Å². The molecule has 0 unspecified atom stereocenters. The molecule has 21 heavy (non-hydrogen) atoms. The van der Waals surface area contributed by atoms with Gasteiger partial charge in [-0.2, -0.15) is 4.98 Å². The normalized spacial score (nSPS) is 13.9. The number of aromatic nitrogens is 2. The van der Waals surface area contributed by atoms with Gasteiger partial charge in [-0.05, 0) is 44.0 Å². The summed E-state index contributed by atoms with van der Waals surface area (Å²) in [7, 11) is 0. The van der Waals surface area contributed by atoms with E-state index in [0.717, 1.165) is 25.2 Å². The Bertz CT molecular complexity index is 627. The van der Waals surface area contributed by atoms with Crippen molar-refractivity contribution in [2.45, 2.75) is 32.9 Å². The Morgan fingerprint density at radius 3 is 3.05 bits per heavy atom. The number of hydrogen-bond donors (Lipinski definition) is 2. The van der Waals surface area contributed by atoms with Gasteiger partial charge in [0, 0.05) is 12.2 Å². The molecule has 2 aromatic rings. The molecule has 1 aliphatic heterocycles. The van der Waals surface area contributed by atoms with Gasteiger partial charge in [0.2, 0.25) is 5.88 Å². The Balaban J connectivity index is 1.84. The first-order valence-corrected chi connectivity index (χ1v) is 7.29. The number of nitrogens with one attached hydrogen (secondary N) is 2. The van der Waals surface area contributed by atoms with Gasteiger partial charge in [-0.3, -0.25) is 4.98 Å². The molecule has 0 bridgehead atoms. The number of anilines is 2. The summed E-state index contributed by atoms with van der Waals surface area (Å²) in [4.78, 5) is 8.63. The van der Waals surface area contributed by atoms with Crippen molar-refractivity contribution in [3.63, 3.8) is 0 Å². The zero-order valence-corrected chi connectivity index (χ0v) is 12.4. The zero-order chi connectivity index (χ0) is 14.7. The summed E-state index contributed by atoms with van der Waals surface area (Å²) in [5.41, 5.74) is 3.80. The van der Waals surface area contributed by atoms with Crippen molar-refractivity contribution < 1.29 is 4.74 Å². The lowest BCUT2D eigenvalue weighted by Gasteiger charge is -2.20. The van der Waals surface area contributed by atoms with E-state index in [1.54, 1.807) is 12.4 Å². The average molecular weight is 284 g/mol. The van der Waals surface area contributed by atoms with Gasteiger partial charge in [0.15, 0.2) is 5.82 Å². The smallest absolute Gasteiger partial charge is 0.234 e. The molecule has 5 nitrogen and oxygen atoms in total. The molecule has 0 saturated heterocycles. The van der Waals surface area contributed by atoms with Gasteiger partial charge in [-0.25, -0.2) is 0 Å². The summed E-state index contributed by atoms with van der Waals surface area (Å²) in [6.07, 6.45) is 4.46. The van der Waals surface area contributed by atoms with Crippen LogP contribution in [0.2, 0.25) is 0 Å². The zero-order valence-electron chi connectivity index (χ0n) is 12.4. The van der Waals surface area contributed by atoms with E-state index >= 15 is 0 Å². The molecule has 1 aromatic carbocycles. The third kappa shape index (κ3) is 3.31. The quantitative estimate of drug-likeness (QED) is 0.904. The maximum atomic E-state index is 5.58. The van der Waals surface area contributed by atoms with Gasteiger partial charge in [0.05, 0.1) is 18.5 Å². The Morgan fingerprint density at radius 2 is 2.19 bits per heavy atom. The maximum absolute atomic E-state index is 5.58. The van der Waals surface area contributed by atoms with Crippen LogP contribution in [-0.4, -0.2) is 22.6 Å². The van der Waals surface area contributed by atoms with E-state index in [9.17, 15) is 0 Å². The highest BCUT2D eigenvalue weighted by Gasteiger charge is 2.13. The lowest BCUT2D eigenvalue weighted by atomic mass is 9.99. The van der Waals surface area contributed by atoms with Crippen molar-refractivity contribution >= 4 is 11.5 Å². The fourth-order valence-corrected chi connectivity index (χ4v) is 2.49. The van der Waals surface area contributed by atoms with Gasteiger partial charge in [-0.15, -0.1) is 0 Å². The topological polar surface area (TPSA) is 59.1 Å². The van der Waals surface area contributed by atoms with Crippen LogP contribution >= 0.6 is 0 Å². The predicted octanol–water partition coefficient (Wildman–Crippen LogP) is 2.65. The number of fused-ring (bicyclic) bond motifs is 1. The summed E-state index contributed by atoms with van der Waals surface area (Å²) >= 11 is 0. The number of hydrogen-bond acceptors (Lipinski definition) is 5. The summed E-state index contributed by atoms with van der Waals surface area (Å²) in [6, 6.07) is 6.31. The van der Waals surface area contributed by atoms with Gasteiger partial charge in [0.25, 0.3) is 0 Å². The summed E-state index contributed by atoms with van der Waals surface area (Å²) in [6.45, 7) is 5.88. The molecular formula is C16H20N4O. The van der Waals surface area contributed by atoms with Gasteiger partial charge in [-0.1, -0.05) is 12.1 Å². The van der Waals surface area contributed by atoms with Crippen LogP contribution in [0.1, 0.15) is 25.0 Å². The number of benzene rings is 1. The molecule has 5 heteroatoms. The second kappa shape index (κ2) is 6.10. The minimum Gasteiger partial charge on any atom is -0.474 e. The van der Waals surface area contributed by atoms with Crippen LogP contribution < -0.4 is 15.4 Å². The van der Waals surface area contributed by atoms with Crippen molar-refractivity contribution in [2.75, 3.05) is 11.9 Å². The lowest BCUT2D eigenvalue weighted by molar-refractivity contribution is 0.232. The van der Waals surface area contributed by atoms with Crippen LogP contribution in [0.5, 0.6) is 5.88 Å². The Morgan fingerprint density at radius 1 is 1.29 bits per heavy atom. The minimum atomic E-state index is 0.0881. The third-order valence-corrected chi connectivity index (χ3v) is 3.37. The SMILES string of the molecule is CC(C)Oc1cncc(Nc2cccc3c2CCNC3)n1. The van der Waals surface area contributed by atoms with E-state index in [4.69, 9.17) is 4.74 Å². The Labute approximate surface area is 124 Å². The first-order valence-electron chi connectivity index (χ1n) is 7.29. The monoisotopic (exact) mass is 284 g/mol. The van der Waals surface area contributed by atoms with Crippen LogP contribution in [0, 0.1) is 0 Å². The second-order valence-corrected chi connectivity index (χ2v) is 5.40. The number of ether oxygens (including phenoxy) is 1. The molecule has 0 saturated carbocycles. The first-order chi connectivity index (χ1) is 10.2. The third-order valence-electron chi connectivity index (χ3n) is 3.37. The molecule has 2 N–H and O–H groups in total.